The van der Waals surface area contributed by atoms with Crippen LogP contribution in [0.3, 0.4) is 0 Å². The Kier molecular flexibility index (Phi) is 7.50. The van der Waals surface area contributed by atoms with Crippen LogP contribution >= 0.6 is 0 Å². The molecule has 0 aromatic heterocycles. The van der Waals surface area contributed by atoms with Gasteiger partial charge in [-0.25, -0.2) is 0 Å². The van der Waals surface area contributed by atoms with Gasteiger partial charge < -0.3 is 20.3 Å². The van der Waals surface area contributed by atoms with E-state index in [1.54, 1.807) is 7.05 Å². The number of likely N-dealkylation sites (tertiary alicyclic amines) is 1. The van der Waals surface area contributed by atoms with Gasteiger partial charge in [0.25, 0.3) is 0 Å². The molecule has 29 heavy (non-hydrogen) atoms. The number of amides is 1. The van der Waals surface area contributed by atoms with Gasteiger partial charge in [0.15, 0.2) is 5.96 Å². The van der Waals surface area contributed by atoms with Crippen LogP contribution in [0.2, 0.25) is 0 Å². The maximum atomic E-state index is 11.8. The number of aliphatic imine (C=N–C) groups is 1. The Morgan fingerprint density at radius 1 is 1.17 bits per heavy atom. The number of hydrogen-bond acceptors (Lipinski definition) is 3. The molecule has 1 atom stereocenters. The first kappa shape index (κ1) is 20.7. The summed E-state index contributed by atoms with van der Waals surface area (Å²) in [6.07, 6.45) is 1.49. The lowest BCUT2D eigenvalue weighted by molar-refractivity contribution is -0.129. The molecule has 1 amide bonds. The molecule has 0 radical (unpaired) electrons. The molecule has 2 aromatic rings. The fourth-order valence-corrected chi connectivity index (χ4v) is 3.50. The number of nitrogens with one attached hydrogen (secondary N) is 2. The fourth-order valence-electron chi connectivity index (χ4n) is 3.50. The van der Waals surface area contributed by atoms with E-state index in [4.69, 9.17) is 4.74 Å². The second kappa shape index (κ2) is 10.5. The number of carbonyl (C=O) groups is 1. The fraction of sp³-hybridized carbons (Fsp3) is 0.391. The van der Waals surface area contributed by atoms with Crippen molar-refractivity contribution in [3.8, 4) is 16.9 Å². The summed E-state index contributed by atoms with van der Waals surface area (Å²) >= 11 is 0. The van der Waals surface area contributed by atoms with Crippen LogP contribution in [0.25, 0.3) is 11.1 Å². The Morgan fingerprint density at radius 3 is 2.69 bits per heavy atom. The smallest absolute Gasteiger partial charge is 0.222 e. The Bertz CT molecular complexity index is 823. The molecule has 3 rings (SSSR count). The molecule has 1 heterocycles. The summed E-state index contributed by atoms with van der Waals surface area (Å²) in [5.41, 5.74) is 2.23. The lowest BCUT2D eigenvalue weighted by atomic mass is 10.1. The highest BCUT2D eigenvalue weighted by atomic mass is 16.5. The summed E-state index contributed by atoms with van der Waals surface area (Å²) in [7, 11) is 1.75. The number of carbonyl (C=O) groups excluding carboxylic acids is 1. The van der Waals surface area contributed by atoms with Crippen LogP contribution in [0.15, 0.2) is 59.6 Å². The molecule has 0 aliphatic carbocycles. The molecule has 1 fully saturated rings. The van der Waals surface area contributed by atoms with Gasteiger partial charge in [0.1, 0.15) is 12.4 Å². The van der Waals surface area contributed by atoms with E-state index in [9.17, 15) is 4.79 Å². The monoisotopic (exact) mass is 394 g/mol. The molecule has 0 bridgehead atoms. The minimum Gasteiger partial charge on any atom is -0.491 e. The number of ether oxygens (including phenoxy) is 1. The first-order valence-electron chi connectivity index (χ1n) is 10.2. The van der Waals surface area contributed by atoms with E-state index in [-0.39, 0.29) is 11.9 Å². The highest BCUT2D eigenvalue weighted by molar-refractivity contribution is 5.80. The highest BCUT2D eigenvalue weighted by Gasteiger charge is 2.25. The van der Waals surface area contributed by atoms with Crippen molar-refractivity contribution in [2.24, 2.45) is 4.99 Å². The van der Waals surface area contributed by atoms with Crippen molar-refractivity contribution in [2.75, 3.05) is 33.3 Å². The molecule has 6 nitrogen and oxygen atoms in total. The predicted molar refractivity (Wildman–Crippen MR) is 117 cm³/mol. The van der Waals surface area contributed by atoms with Crippen LogP contribution in [0.4, 0.5) is 0 Å². The number of benzene rings is 2. The summed E-state index contributed by atoms with van der Waals surface area (Å²) in [4.78, 5) is 18.0. The van der Waals surface area contributed by atoms with Gasteiger partial charge >= 0.3 is 0 Å². The molecule has 0 saturated carbocycles. The van der Waals surface area contributed by atoms with Gasteiger partial charge in [0.2, 0.25) is 5.91 Å². The zero-order valence-electron chi connectivity index (χ0n) is 17.2. The lowest BCUT2D eigenvalue weighted by Gasteiger charge is -2.19. The number of guanidine groups is 1. The van der Waals surface area contributed by atoms with Gasteiger partial charge in [0.05, 0.1) is 6.54 Å². The van der Waals surface area contributed by atoms with E-state index in [0.29, 0.717) is 19.6 Å². The first-order valence-corrected chi connectivity index (χ1v) is 10.2. The second-order valence-electron chi connectivity index (χ2n) is 7.03. The largest absolute Gasteiger partial charge is 0.491 e. The zero-order chi connectivity index (χ0) is 20.5. The molecule has 1 aliphatic rings. The molecule has 2 N–H and O–H groups in total. The van der Waals surface area contributed by atoms with Gasteiger partial charge in [-0.2, -0.15) is 0 Å². The van der Waals surface area contributed by atoms with Crippen LogP contribution < -0.4 is 15.4 Å². The normalized spacial score (nSPS) is 16.6. The van der Waals surface area contributed by atoms with Crippen molar-refractivity contribution < 1.29 is 9.53 Å². The molecule has 1 saturated heterocycles. The SMILES string of the molecule is CCC(=O)N1CCC(NC(=NC)NCCOc2ccccc2-c2ccccc2)C1. The third-order valence-electron chi connectivity index (χ3n) is 5.03. The van der Waals surface area contributed by atoms with Crippen molar-refractivity contribution in [2.45, 2.75) is 25.8 Å². The standard InChI is InChI=1S/C23H30N4O2/c1-3-22(28)27-15-13-19(17-27)26-23(24-2)25-14-16-29-21-12-8-7-11-20(21)18-9-5-4-6-10-18/h4-12,19H,3,13-17H2,1-2H3,(H2,24,25,26). The topological polar surface area (TPSA) is 66.0 Å². The molecule has 0 spiro atoms. The van der Waals surface area contributed by atoms with Crippen molar-refractivity contribution in [3.05, 3.63) is 54.6 Å². The van der Waals surface area contributed by atoms with Gasteiger partial charge in [-0.3, -0.25) is 9.79 Å². The average Bonchev–Trinajstić information content (AvgIpc) is 3.24. The quantitative estimate of drug-likeness (QED) is 0.431. The highest BCUT2D eigenvalue weighted by Crippen LogP contribution is 2.29. The van der Waals surface area contributed by atoms with Gasteiger partial charge in [-0.1, -0.05) is 55.5 Å². The van der Waals surface area contributed by atoms with E-state index in [2.05, 4.69) is 33.8 Å². The molecular weight excluding hydrogens is 364 g/mol. The summed E-state index contributed by atoms with van der Waals surface area (Å²) in [5, 5.41) is 6.69. The predicted octanol–water partition coefficient (Wildman–Crippen LogP) is 2.91. The van der Waals surface area contributed by atoms with Crippen LogP contribution in [0, 0.1) is 0 Å². The Labute approximate surface area is 173 Å². The Balaban J connectivity index is 1.46. The van der Waals surface area contributed by atoms with Gasteiger partial charge in [-0.05, 0) is 18.1 Å². The van der Waals surface area contributed by atoms with Crippen LogP contribution in [-0.4, -0.2) is 56.1 Å². The summed E-state index contributed by atoms with van der Waals surface area (Å²) in [5.74, 6) is 1.82. The van der Waals surface area contributed by atoms with Crippen molar-refractivity contribution in [3.63, 3.8) is 0 Å². The molecule has 2 aromatic carbocycles. The number of rotatable bonds is 7. The number of para-hydroxylation sites is 1. The Hall–Kier alpha value is -3.02. The minimum absolute atomic E-state index is 0.211. The summed E-state index contributed by atoms with van der Waals surface area (Å²) in [6.45, 7) is 4.59. The van der Waals surface area contributed by atoms with Crippen LogP contribution in [-0.2, 0) is 4.79 Å². The van der Waals surface area contributed by atoms with E-state index < -0.39 is 0 Å². The number of nitrogens with zero attached hydrogens (tertiary/aromatic N) is 2. The van der Waals surface area contributed by atoms with Crippen molar-refractivity contribution in [1.82, 2.24) is 15.5 Å². The van der Waals surface area contributed by atoms with E-state index in [1.165, 1.54) is 0 Å². The Morgan fingerprint density at radius 2 is 1.93 bits per heavy atom. The molecule has 1 unspecified atom stereocenters. The van der Waals surface area contributed by atoms with E-state index in [0.717, 1.165) is 42.3 Å². The molecular formula is C23H30N4O2. The van der Waals surface area contributed by atoms with Gasteiger partial charge in [0, 0.05) is 38.2 Å². The number of hydrogen-bond donors (Lipinski definition) is 2. The van der Waals surface area contributed by atoms with Crippen molar-refractivity contribution in [1.29, 1.82) is 0 Å². The summed E-state index contributed by atoms with van der Waals surface area (Å²) in [6, 6.07) is 18.5. The molecule has 154 valence electrons. The lowest BCUT2D eigenvalue weighted by Crippen LogP contribution is -2.46. The molecule has 6 heteroatoms. The van der Waals surface area contributed by atoms with Crippen molar-refractivity contribution >= 4 is 11.9 Å². The van der Waals surface area contributed by atoms with Crippen LogP contribution in [0.5, 0.6) is 5.75 Å². The first-order chi connectivity index (χ1) is 14.2. The van der Waals surface area contributed by atoms with E-state index in [1.807, 2.05) is 48.2 Å². The third kappa shape index (κ3) is 5.73. The van der Waals surface area contributed by atoms with Gasteiger partial charge in [-0.15, -0.1) is 0 Å². The minimum atomic E-state index is 0.211. The summed E-state index contributed by atoms with van der Waals surface area (Å²) < 4.78 is 6.02. The maximum absolute atomic E-state index is 11.8. The average molecular weight is 395 g/mol. The third-order valence-corrected chi connectivity index (χ3v) is 5.03. The maximum Gasteiger partial charge on any atom is 0.222 e. The van der Waals surface area contributed by atoms with Crippen LogP contribution in [0.1, 0.15) is 19.8 Å². The zero-order valence-corrected chi connectivity index (χ0v) is 17.2. The van der Waals surface area contributed by atoms with E-state index >= 15 is 0 Å². The molecule has 1 aliphatic heterocycles. The second-order valence-corrected chi connectivity index (χ2v) is 7.03.